The summed E-state index contributed by atoms with van der Waals surface area (Å²) >= 11 is 6.22. The van der Waals surface area contributed by atoms with E-state index in [0.717, 1.165) is 36.3 Å². The van der Waals surface area contributed by atoms with E-state index in [0.29, 0.717) is 11.2 Å². The Morgan fingerprint density at radius 3 is 3.06 bits per heavy atom. The van der Waals surface area contributed by atoms with Gasteiger partial charge in [-0.05, 0) is 38.3 Å². The van der Waals surface area contributed by atoms with E-state index >= 15 is 0 Å². The third kappa shape index (κ3) is 1.79. The largest absolute Gasteiger partial charge is 0.508 e. The van der Waals surface area contributed by atoms with Crippen molar-refractivity contribution in [3.63, 3.8) is 0 Å². The molecule has 1 unspecified atom stereocenters. The number of aromatic hydroxyl groups is 1. The molecule has 0 fully saturated rings. The van der Waals surface area contributed by atoms with E-state index in [1.54, 1.807) is 12.1 Å². The van der Waals surface area contributed by atoms with Crippen LogP contribution in [0.5, 0.6) is 5.75 Å². The Morgan fingerprint density at radius 2 is 2.28 bits per heavy atom. The van der Waals surface area contributed by atoms with Gasteiger partial charge >= 0.3 is 0 Å². The third-order valence-electron chi connectivity index (χ3n) is 3.54. The van der Waals surface area contributed by atoms with Gasteiger partial charge < -0.3 is 9.67 Å². The quantitative estimate of drug-likeness (QED) is 0.849. The van der Waals surface area contributed by atoms with Crippen LogP contribution in [0.25, 0.3) is 11.4 Å². The van der Waals surface area contributed by atoms with Crippen LogP contribution in [0.1, 0.15) is 31.5 Å². The Bertz CT molecular complexity index is 591. The van der Waals surface area contributed by atoms with E-state index in [1.165, 1.54) is 0 Å². The van der Waals surface area contributed by atoms with Gasteiger partial charge in [0.2, 0.25) is 0 Å². The molecule has 0 saturated carbocycles. The van der Waals surface area contributed by atoms with Crippen LogP contribution in [0.3, 0.4) is 0 Å². The molecule has 1 aliphatic rings. The standard InChI is InChI=1S/C14H15ClN2O/c1-9-4-2-7-12-13(15)16-14(17(9)12)10-5-3-6-11(18)8-10/h3,5-6,8-9,18H,2,4,7H2,1H3. The number of imidazole rings is 1. The molecule has 4 heteroatoms. The lowest BCUT2D eigenvalue weighted by atomic mass is 10.0. The topological polar surface area (TPSA) is 38.1 Å². The fourth-order valence-electron chi connectivity index (χ4n) is 2.68. The van der Waals surface area contributed by atoms with Gasteiger partial charge in [-0.15, -0.1) is 0 Å². The summed E-state index contributed by atoms with van der Waals surface area (Å²) in [7, 11) is 0. The molecule has 0 saturated heterocycles. The Labute approximate surface area is 111 Å². The molecule has 3 nitrogen and oxygen atoms in total. The molecule has 2 aromatic rings. The maximum atomic E-state index is 9.58. The van der Waals surface area contributed by atoms with Gasteiger partial charge in [-0.3, -0.25) is 0 Å². The Balaban J connectivity index is 2.18. The number of hydrogen-bond acceptors (Lipinski definition) is 2. The Hall–Kier alpha value is -1.48. The molecule has 0 amide bonds. The van der Waals surface area contributed by atoms with E-state index in [4.69, 9.17) is 11.6 Å². The second kappa shape index (κ2) is 4.32. The minimum atomic E-state index is 0.254. The van der Waals surface area contributed by atoms with Crippen molar-refractivity contribution in [3.05, 3.63) is 35.1 Å². The molecular formula is C14H15ClN2O. The molecule has 18 heavy (non-hydrogen) atoms. The zero-order valence-corrected chi connectivity index (χ0v) is 11.0. The van der Waals surface area contributed by atoms with Gasteiger partial charge in [0.05, 0.1) is 5.69 Å². The lowest BCUT2D eigenvalue weighted by molar-refractivity contribution is 0.435. The smallest absolute Gasteiger partial charge is 0.150 e. The van der Waals surface area contributed by atoms with Crippen LogP contribution in [0, 0.1) is 0 Å². The third-order valence-corrected chi connectivity index (χ3v) is 3.84. The number of phenols is 1. The monoisotopic (exact) mass is 262 g/mol. The Morgan fingerprint density at radius 1 is 1.44 bits per heavy atom. The SMILES string of the molecule is CC1CCCc2c(Cl)nc(-c3cccc(O)c3)n21. The number of halogens is 1. The van der Waals surface area contributed by atoms with E-state index in [2.05, 4.69) is 16.5 Å². The summed E-state index contributed by atoms with van der Waals surface area (Å²) in [5.74, 6) is 1.11. The summed E-state index contributed by atoms with van der Waals surface area (Å²) in [5, 5.41) is 10.2. The maximum absolute atomic E-state index is 9.58. The van der Waals surface area contributed by atoms with Gasteiger partial charge in [0.1, 0.15) is 11.6 Å². The summed E-state index contributed by atoms with van der Waals surface area (Å²) in [6.07, 6.45) is 3.28. The van der Waals surface area contributed by atoms with Crippen molar-refractivity contribution >= 4 is 11.6 Å². The minimum absolute atomic E-state index is 0.254. The number of aromatic nitrogens is 2. The normalized spacial score (nSPS) is 18.7. The summed E-state index contributed by atoms with van der Waals surface area (Å²) in [6.45, 7) is 2.19. The fourth-order valence-corrected chi connectivity index (χ4v) is 2.95. The average molecular weight is 263 g/mol. The predicted molar refractivity (Wildman–Crippen MR) is 72.0 cm³/mol. The zero-order valence-electron chi connectivity index (χ0n) is 10.2. The van der Waals surface area contributed by atoms with E-state index < -0.39 is 0 Å². The minimum Gasteiger partial charge on any atom is -0.508 e. The molecule has 3 rings (SSSR count). The first-order valence-corrected chi connectivity index (χ1v) is 6.60. The molecule has 0 radical (unpaired) electrons. The highest BCUT2D eigenvalue weighted by Crippen LogP contribution is 2.35. The van der Waals surface area contributed by atoms with Gasteiger partial charge in [0.25, 0.3) is 0 Å². The molecule has 1 atom stereocenters. The van der Waals surface area contributed by atoms with Crippen LogP contribution in [0.15, 0.2) is 24.3 Å². The summed E-state index contributed by atoms with van der Waals surface area (Å²) in [6, 6.07) is 7.58. The average Bonchev–Trinajstić information content (AvgIpc) is 2.69. The summed E-state index contributed by atoms with van der Waals surface area (Å²) in [5.41, 5.74) is 2.03. The molecule has 94 valence electrons. The summed E-state index contributed by atoms with van der Waals surface area (Å²) in [4.78, 5) is 4.47. The van der Waals surface area contributed by atoms with Crippen LogP contribution >= 0.6 is 11.6 Å². The first-order chi connectivity index (χ1) is 8.66. The van der Waals surface area contributed by atoms with Crippen LogP contribution in [0.2, 0.25) is 5.15 Å². The highest BCUT2D eigenvalue weighted by molar-refractivity contribution is 6.30. The van der Waals surface area contributed by atoms with E-state index in [1.807, 2.05) is 12.1 Å². The lowest BCUT2D eigenvalue weighted by Gasteiger charge is -2.24. The highest BCUT2D eigenvalue weighted by Gasteiger charge is 2.24. The molecular weight excluding hydrogens is 248 g/mol. The molecule has 1 aromatic carbocycles. The van der Waals surface area contributed by atoms with Gasteiger partial charge in [-0.2, -0.15) is 0 Å². The van der Waals surface area contributed by atoms with Gasteiger partial charge in [-0.25, -0.2) is 4.98 Å². The van der Waals surface area contributed by atoms with Crippen molar-refractivity contribution in [3.8, 4) is 17.1 Å². The van der Waals surface area contributed by atoms with Gasteiger partial charge in [0, 0.05) is 11.6 Å². The number of rotatable bonds is 1. The molecule has 2 heterocycles. The predicted octanol–water partition coefficient (Wildman–Crippen LogP) is 3.81. The van der Waals surface area contributed by atoms with Crippen molar-refractivity contribution in [2.24, 2.45) is 0 Å². The zero-order chi connectivity index (χ0) is 12.7. The highest BCUT2D eigenvalue weighted by atomic mass is 35.5. The van der Waals surface area contributed by atoms with Crippen molar-refractivity contribution in [1.29, 1.82) is 0 Å². The van der Waals surface area contributed by atoms with Crippen LogP contribution in [-0.2, 0) is 6.42 Å². The van der Waals surface area contributed by atoms with Crippen molar-refractivity contribution in [2.45, 2.75) is 32.2 Å². The second-order valence-electron chi connectivity index (χ2n) is 4.83. The van der Waals surface area contributed by atoms with Gasteiger partial charge in [-0.1, -0.05) is 23.7 Å². The fraction of sp³-hybridized carbons (Fsp3) is 0.357. The molecule has 1 aromatic heterocycles. The van der Waals surface area contributed by atoms with Crippen molar-refractivity contribution in [2.75, 3.05) is 0 Å². The first kappa shape index (κ1) is 11.6. The number of phenolic OH excluding ortho intramolecular Hbond substituents is 1. The number of fused-ring (bicyclic) bond motifs is 1. The molecule has 0 spiro atoms. The van der Waals surface area contributed by atoms with Crippen molar-refractivity contribution in [1.82, 2.24) is 9.55 Å². The maximum Gasteiger partial charge on any atom is 0.150 e. The molecule has 1 N–H and O–H groups in total. The van der Waals surface area contributed by atoms with Gasteiger partial charge in [0.15, 0.2) is 5.15 Å². The molecule has 0 aliphatic carbocycles. The molecule has 1 aliphatic heterocycles. The number of benzene rings is 1. The summed E-state index contributed by atoms with van der Waals surface area (Å²) < 4.78 is 2.21. The van der Waals surface area contributed by atoms with E-state index in [-0.39, 0.29) is 5.75 Å². The van der Waals surface area contributed by atoms with Crippen LogP contribution in [0.4, 0.5) is 0 Å². The number of nitrogens with zero attached hydrogens (tertiary/aromatic N) is 2. The first-order valence-electron chi connectivity index (χ1n) is 6.23. The van der Waals surface area contributed by atoms with Crippen LogP contribution in [-0.4, -0.2) is 14.7 Å². The Kier molecular flexibility index (Phi) is 2.78. The second-order valence-corrected chi connectivity index (χ2v) is 5.19. The van der Waals surface area contributed by atoms with E-state index in [9.17, 15) is 5.11 Å². The van der Waals surface area contributed by atoms with Crippen molar-refractivity contribution < 1.29 is 5.11 Å². The van der Waals surface area contributed by atoms with Crippen LogP contribution < -0.4 is 0 Å². The lowest BCUT2D eigenvalue weighted by Crippen LogP contribution is -2.15. The number of hydrogen-bond donors (Lipinski definition) is 1. The molecule has 0 bridgehead atoms.